The fourth-order valence-corrected chi connectivity index (χ4v) is 3.38. The number of H-pyrrole nitrogens is 1. The molecule has 3 rings (SSSR count). The van der Waals surface area contributed by atoms with Crippen molar-refractivity contribution in [3.8, 4) is 0 Å². The van der Waals surface area contributed by atoms with Crippen molar-refractivity contribution in [2.75, 3.05) is 5.73 Å². The smallest absolute Gasteiger partial charge is 0.148 e. The quantitative estimate of drug-likeness (QED) is 0.779. The molecule has 0 saturated heterocycles. The van der Waals surface area contributed by atoms with Crippen molar-refractivity contribution in [3.05, 3.63) is 11.3 Å². The molecular weight excluding hydrogens is 186 g/mol. The normalized spacial score (nSPS) is 23.8. The summed E-state index contributed by atoms with van der Waals surface area (Å²) in [5.74, 6) is 1.42. The van der Waals surface area contributed by atoms with Crippen LogP contribution in [-0.4, -0.2) is 10.2 Å². The molecule has 0 atom stereocenters. The van der Waals surface area contributed by atoms with Crippen LogP contribution in [0.3, 0.4) is 0 Å². The summed E-state index contributed by atoms with van der Waals surface area (Å²) < 4.78 is 0. The first kappa shape index (κ1) is 9.25. The summed E-state index contributed by atoms with van der Waals surface area (Å²) in [4.78, 5) is 0. The van der Waals surface area contributed by atoms with Gasteiger partial charge < -0.3 is 5.73 Å². The van der Waals surface area contributed by atoms with E-state index < -0.39 is 0 Å². The number of aromatic amines is 1. The third kappa shape index (κ3) is 1.22. The van der Waals surface area contributed by atoms with Gasteiger partial charge in [0.05, 0.1) is 0 Å². The van der Waals surface area contributed by atoms with E-state index in [-0.39, 0.29) is 0 Å². The summed E-state index contributed by atoms with van der Waals surface area (Å²) in [7, 11) is 0. The number of hydrogen-bond acceptors (Lipinski definition) is 2. The van der Waals surface area contributed by atoms with Gasteiger partial charge in [0.1, 0.15) is 5.82 Å². The van der Waals surface area contributed by atoms with Crippen LogP contribution in [0.25, 0.3) is 0 Å². The fraction of sp³-hybridized carbons (Fsp3) is 0.750. The second-order valence-electron chi connectivity index (χ2n) is 5.31. The van der Waals surface area contributed by atoms with E-state index in [2.05, 4.69) is 17.1 Å². The molecule has 0 aromatic carbocycles. The Bertz CT molecular complexity index is 368. The monoisotopic (exact) mass is 205 g/mol. The third-order valence-electron chi connectivity index (χ3n) is 4.47. The van der Waals surface area contributed by atoms with Crippen LogP contribution in [0.2, 0.25) is 0 Å². The van der Waals surface area contributed by atoms with Crippen LogP contribution in [0.4, 0.5) is 5.82 Å². The van der Waals surface area contributed by atoms with Gasteiger partial charge in [0.15, 0.2) is 0 Å². The fourth-order valence-electron chi connectivity index (χ4n) is 3.38. The van der Waals surface area contributed by atoms with Crippen molar-refractivity contribution in [1.29, 1.82) is 0 Å². The molecule has 82 valence electrons. The van der Waals surface area contributed by atoms with Crippen LogP contribution in [0.1, 0.15) is 56.2 Å². The van der Waals surface area contributed by atoms with Gasteiger partial charge in [0.2, 0.25) is 0 Å². The van der Waals surface area contributed by atoms with Crippen molar-refractivity contribution < 1.29 is 0 Å². The summed E-state index contributed by atoms with van der Waals surface area (Å²) >= 11 is 0. The third-order valence-corrected chi connectivity index (χ3v) is 4.47. The summed E-state index contributed by atoms with van der Waals surface area (Å²) in [5.41, 5.74) is 9.16. The highest BCUT2D eigenvalue weighted by atomic mass is 15.2. The maximum absolute atomic E-state index is 5.84. The number of anilines is 1. The molecule has 0 amide bonds. The number of aromatic nitrogens is 2. The zero-order valence-corrected chi connectivity index (χ0v) is 9.34. The summed E-state index contributed by atoms with van der Waals surface area (Å²) in [6.45, 7) is 2.16. The lowest BCUT2D eigenvalue weighted by molar-refractivity contribution is 0.00734. The van der Waals surface area contributed by atoms with Gasteiger partial charge in [-0.05, 0) is 37.5 Å². The Kier molecular flexibility index (Phi) is 1.85. The molecule has 2 aliphatic rings. The average Bonchev–Trinajstić information content (AvgIpc) is 2.42. The molecule has 3 heteroatoms. The lowest BCUT2D eigenvalue weighted by Crippen LogP contribution is -2.41. The van der Waals surface area contributed by atoms with Crippen LogP contribution >= 0.6 is 0 Å². The predicted molar refractivity (Wildman–Crippen MR) is 60.6 cm³/mol. The summed E-state index contributed by atoms with van der Waals surface area (Å²) in [6, 6.07) is 0. The van der Waals surface area contributed by atoms with E-state index >= 15 is 0 Å². The van der Waals surface area contributed by atoms with Gasteiger partial charge in [0.25, 0.3) is 0 Å². The van der Waals surface area contributed by atoms with E-state index in [9.17, 15) is 0 Å². The van der Waals surface area contributed by atoms with Crippen molar-refractivity contribution in [2.24, 2.45) is 5.41 Å². The molecule has 15 heavy (non-hydrogen) atoms. The van der Waals surface area contributed by atoms with Gasteiger partial charge in [-0.25, -0.2) is 0 Å². The molecule has 2 fully saturated rings. The van der Waals surface area contributed by atoms with E-state index in [4.69, 9.17) is 5.73 Å². The molecule has 2 saturated carbocycles. The maximum Gasteiger partial charge on any atom is 0.148 e. The Morgan fingerprint density at radius 1 is 1.47 bits per heavy atom. The minimum Gasteiger partial charge on any atom is -0.382 e. The minimum absolute atomic E-state index is 0.710. The Hall–Kier alpha value is -0.990. The Labute approximate surface area is 90.4 Å². The van der Waals surface area contributed by atoms with Gasteiger partial charge in [-0.3, -0.25) is 5.10 Å². The largest absolute Gasteiger partial charge is 0.382 e. The van der Waals surface area contributed by atoms with Crippen LogP contribution in [0, 0.1) is 5.41 Å². The van der Waals surface area contributed by atoms with E-state index in [1.54, 1.807) is 0 Å². The van der Waals surface area contributed by atoms with Gasteiger partial charge in [-0.1, -0.05) is 13.3 Å². The molecule has 3 N–H and O–H groups in total. The number of nitrogens with zero attached hydrogens (tertiary/aromatic N) is 1. The van der Waals surface area contributed by atoms with Crippen molar-refractivity contribution in [1.82, 2.24) is 10.2 Å². The van der Waals surface area contributed by atoms with E-state index in [1.807, 2.05) is 0 Å². The molecule has 2 aliphatic carbocycles. The zero-order valence-electron chi connectivity index (χ0n) is 9.34. The van der Waals surface area contributed by atoms with Gasteiger partial charge >= 0.3 is 0 Å². The highest BCUT2D eigenvalue weighted by molar-refractivity contribution is 5.44. The molecule has 0 radical (unpaired) electrons. The number of hydrogen-bond donors (Lipinski definition) is 2. The first-order valence-electron chi connectivity index (χ1n) is 6.07. The van der Waals surface area contributed by atoms with Gasteiger partial charge in [0, 0.05) is 17.2 Å². The van der Waals surface area contributed by atoms with E-state index in [0.717, 1.165) is 11.8 Å². The topological polar surface area (TPSA) is 54.7 Å². The standard InChI is InChI=1S/C12H19N3/c1-2-9-10(14-15-11(9)13)8-6-12(7-8)4-3-5-12/h8H,2-7H2,1H3,(H3,13,14,15). The maximum atomic E-state index is 5.84. The lowest BCUT2D eigenvalue weighted by atomic mass is 9.51. The second-order valence-corrected chi connectivity index (χ2v) is 5.31. The zero-order chi connectivity index (χ0) is 10.5. The van der Waals surface area contributed by atoms with Crippen LogP contribution in [0.15, 0.2) is 0 Å². The highest BCUT2D eigenvalue weighted by Gasteiger charge is 2.49. The van der Waals surface area contributed by atoms with Gasteiger partial charge in [-0.2, -0.15) is 5.10 Å². The van der Waals surface area contributed by atoms with Crippen LogP contribution in [0.5, 0.6) is 0 Å². The molecule has 0 aliphatic heterocycles. The van der Waals surface area contributed by atoms with Crippen molar-refractivity contribution >= 4 is 5.82 Å². The van der Waals surface area contributed by atoms with E-state index in [0.29, 0.717) is 11.7 Å². The first-order chi connectivity index (χ1) is 7.24. The van der Waals surface area contributed by atoms with Crippen molar-refractivity contribution in [2.45, 2.75) is 51.4 Å². The van der Waals surface area contributed by atoms with Gasteiger partial charge in [-0.15, -0.1) is 0 Å². The molecule has 1 aromatic rings. The number of nitrogens with two attached hydrogens (primary N) is 1. The number of nitrogen functional groups attached to an aromatic ring is 1. The van der Waals surface area contributed by atoms with Crippen molar-refractivity contribution in [3.63, 3.8) is 0 Å². The number of rotatable bonds is 2. The Morgan fingerprint density at radius 3 is 2.73 bits per heavy atom. The molecular formula is C12H19N3. The average molecular weight is 205 g/mol. The number of nitrogens with one attached hydrogen (secondary N) is 1. The van der Waals surface area contributed by atoms with E-state index in [1.165, 1.54) is 43.4 Å². The SMILES string of the molecule is CCc1c(N)n[nH]c1C1CC2(CCC2)C1. The summed E-state index contributed by atoms with van der Waals surface area (Å²) in [6.07, 6.45) is 8.08. The molecule has 1 heterocycles. The Balaban J connectivity index is 1.77. The molecule has 0 bridgehead atoms. The summed E-state index contributed by atoms with van der Waals surface area (Å²) in [5, 5.41) is 7.27. The van der Waals surface area contributed by atoms with Crippen LogP contribution < -0.4 is 5.73 Å². The molecule has 1 spiro atoms. The second kappa shape index (κ2) is 3.00. The Morgan fingerprint density at radius 2 is 2.20 bits per heavy atom. The molecule has 1 aromatic heterocycles. The lowest BCUT2D eigenvalue weighted by Gasteiger charge is -2.54. The van der Waals surface area contributed by atoms with Crippen LogP contribution in [-0.2, 0) is 6.42 Å². The minimum atomic E-state index is 0.710. The molecule has 0 unspecified atom stereocenters. The molecule has 3 nitrogen and oxygen atoms in total. The first-order valence-corrected chi connectivity index (χ1v) is 6.07. The highest BCUT2D eigenvalue weighted by Crippen LogP contribution is 2.62. The predicted octanol–water partition coefficient (Wildman–Crippen LogP) is 2.60.